The van der Waals surface area contributed by atoms with Crippen LogP contribution < -0.4 is 15.4 Å². The number of amides is 1. The molecule has 0 saturated carbocycles. The minimum Gasteiger partial charge on any atom is -0.480 e. The zero-order valence-electron chi connectivity index (χ0n) is 21.9. The molecule has 4 rings (SSSR count). The molecule has 0 radical (unpaired) electrons. The number of oxime groups is 1. The Morgan fingerprint density at radius 3 is 2.63 bits per heavy atom. The van der Waals surface area contributed by atoms with Crippen molar-refractivity contribution in [2.75, 3.05) is 17.2 Å². The van der Waals surface area contributed by atoms with Crippen LogP contribution >= 0.6 is 23.2 Å². The summed E-state index contributed by atoms with van der Waals surface area (Å²) in [5.74, 6) is -1.32. The maximum absolute atomic E-state index is 13.2. The molecule has 0 bridgehead atoms. The highest BCUT2D eigenvalue weighted by molar-refractivity contribution is 7.89. The number of hydrogen-bond acceptors (Lipinski definition) is 8. The fraction of sp³-hybridized carbons (Fsp3) is 0.308. The van der Waals surface area contributed by atoms with Crippen LogP contribution in [0.2, 0.25) is 10.0 Å². The van der Waals surface area contributed by atoms with Gasteiger partial charge in [-0.3, -0.25) is 9.59 Å². The number of carbonyl (C=O) groups is 2. The standard InChI is InChI=1S/C26H28Cl2N6O6S/c1-15(25(36)37)34-41(38,39)22-9-8-16(23-18(27)6-4-7-19(23)28)13-20(22)32-24(35)21-14-17(40-33-21)5-2-3-10-29-26-30-11-12-31-26/h4,6-9,11-13,15,17,34H,2-3,5,10,14H2,1H3,(H,32,35)(H,36,37)(H2,29,30,31). The molecule has 0 fully saturated rings. The average Bonchev–Trinajstić information content (AvgIpc) is 3.61. The molecule has 1 aliphatic heterocycles. The monoisotopic (exact) mass is 622 g/mol. The molecule has 15 heteroatoms. The minimum atomic E-state index is -4.36. The number of H-pyrrole nitrogens is 1. The van der Waals surface area contributed by atoms with Gasteiger partial charge in [-0.05, 0) is 56.0 Å². The van der Waals surface area contributed by atoms with Crippen molar-refractivity contribution < 1.29 is 28.0 Å². The smallest absolute Gasteiger partial charge is 0.321 e. The third-order valence-corrected chi connectivity index (χ3v) is 8.44. The number of sulfonamides is 1. The van der Waals surface area contributed by atoms with Gasteiger partial charge in [-0.25, -0.2) is 13.4 Å². The molecule has 3 aromatic rings. The lowest BCUT2D eigenvalue weighted by atomic mass is 10.0. The van der Waals surface area contributed by atoms with Crippen molar-refractivity contribution in [3.63, 3.8) is 0 Å². The third-order valence-electron chi connectivity index (χ3n) is 6.21. The summed E-state index contributed by atoms with van der Waals surface area (Å²) < 4.78 is 28.3. The maximum Gasteiger partial charge on any atom is 0.321 e. The largest absolute Gasteiger partial charge is 0.480 e. The first kappa shape index (κ1) is 30.3. The Morgan fingerprint density at radius 2 is 1.95 bits per heavy atom. The molecule has 5 N–H and O–H groups in total. The van der Waals surface area contributed by atoms with Crippen molar-refractivity contribution in [2.24, 2.45) is 5.16 Å². The number of rotatable bonds is 13. The number of carboxylic acids is 1. The fourth-order valence-electron chi connectivity index (χ4n) is 4.12. The molecule has 2 atom stereocenters. The number of nitrogens with one attached hydrogen (secondary N) is 4. The second kappa shape index (κ2) is 13.3. The number of unbranched alkanes of at least 4 members (excludes halogenated alkanes) is 1. The molecule has 1 aromatic heterocycles. The maximum atomic E-state index is 13.2. The Kier molecular flexibility index (Phi) is 9.86. The van der Waals surface area contributed by atoms with Gasteiger partial charge in [0.15, 0.2) is 5.95 Å². The van der Waals surface area contributed by atoms with E-state index < -0.39 is 27.9 Å². The Morgan fingerprint density at radius 1 is 1.20 bits per heavy atom. The van der Waals surface area contributed by atoms with Crippen molar-refractivity contribution in [1.29, 1.82) is 0 Å². The number of nitrogens with zero attached hydrogens (tertiary/aromatic N) is 2. The normalized spacial score (nSPS) is 15.6. The van der Waals surface area contributed by atoms with Crippen LogP contribution in [-0.4, -0.2) is 59.8 Å². The number of imidazole rings is 1. The second-order valence-corrected chi connectivity index (χ2v) is 11.8. The van der Waals surface area contributed by atoms with E-state index in [0.717, 1.165) is 12.8 Å². The topological polar surface area (TPSA) is 175 Å². The molecule has 0 saturated heterocycles. The molecule has 41 heavy (non-hydrogen) atoms. The molecule has 1 aliphatic rings. The molecule has 2 aromatic carbocycles. The van der Waals surface area contributed by atoms with Crippen LogP contribution in [0.25, 0.3) is 11.1 Å². The van der Waals surface area contributed by atoms with Crippen molar-refractivity contribution in [2.45, 2.75) is 49.6 Å². The van der Waals surface area contributed by atoms with Crippen LogP contribution in [0.15, 0.2) is 58.8 Å². The molecule has 0 aliphatic carbocycles. The van der Waals surface area contributed by atoms with Crippen LogP contribution in [0.4, 0.5) is 11.6 Å². The van der Waals surface area contributed by atoms with Crippen LogP contribution in [0.1, 0.15) is 32.6 Å². The fourth-order valence-corrected chi connectivity index (χ4v) is 6.07. The predicted octanol–water partition coefficient (Wildman–Crippen LogP) is 4.50. The zero-order valence-corrected chi connectivity index (χ0v) is 24.2. The van der Waals surface area contributed by atoms with Crippen molar-refractivity contribution >= 4 is 62.4 Å². The first-order valence-corrected chi connectivity index (χ1v) is 14.9. The van der Waals surface area contributed by atoms with Crippen LogP contribution in [0.5, 0.6) is 0 Å². The number of anilines is 2. The number of aliphatic carboxylic acids is 1. The highest BCUT2D eigenvalue weighted by Crippen LogP contribution is 2.37. The number of aromatic nitrogens is 2. The SMILES string of the molecule is CC(NS(=O)(=O)c1ccc(-c2c(Cl)cccc2Cl)cc1NC(=O)C1=NOC(CCCCNc2ncc[nH]2)C1)C(=O)O. The highest BCUT2D eigenvalue weighted by Gasteiger charge is 2.29. The van der Waals surface area contributed by atoms with E-state index >= 15 is 0 Å². The van der Waals surface area contributed by atoms with Gasteiger partial charge in [-0.15, -0.1) is 0 Å². The van der Waals surface area contributed by atoms with Crippen molar-refractivity contribution in [3.05, 3.63) is 58.8 Å². The molecule has 0 spiro atoms. The summed E-state index contributed by atoms with van der Waals surface area (Å²) in [5, 5.41) is 19.5. The van der Waals surface area contributed by atoms with Gasteiger partial charge in [-0.1, -0.05) is 40.5 Å². The van der Waals surface area contributed by atoms with Gasteiger partial charge in [0.25, 0.3) is 5.91 Å². The quantitative estimate of drug-likeness (QED) is 0.173. The number of carbonyl (C=O) groups excluding carboxylic acids is 1. The van der Waals surface area contributed by atoms with Gasteiger partial charge >= 0.3 is 5.97 Å². The molecule has 12 nitrogen and oxygen atoms in total. The summed E-state index contributed by atoms with van der Waals surface area (Å²) in [6.45, 7) is 1.90. The van der Waals surface area contributed by atoms with E-state index in [4.69, 9.17) is 28.0 Å². The van der Waals surface area contributed by atoms with Gasteiger partial charge in [0.05, 0.1) is 5.69 Å². The average molecular weight is 624 g/mol. The predicted molar refractivity (Wildman–Crippen MR) is 156 cm³/mol. The van der Waals surface area contributed by atoms with E-state index in [-0.39, 0.29) is 28.8 Å². The minimum absolute atomic E-state index is 0.0973. The van der Waals surface area contributed by atoms with Gasteiger partial charge in [0.2, 0.25) is 10.0 Å². The number of hydrogen-bond donors (Lipinski definition) is 5. The first-order valence-electron chi connectivity index (χ1n) is 12.7. The first-order chi connectivity index (χ1) is 19.5. The number of carboxylic acid groups (broad SMARTS) is 1. The molecule has 218 valence electrons. The van der Waals surface area contributed by atoms with Crippen LogP contribution in [0.3, 0.4) is 0 Å². The van der Waals surface area contributed by atoms with Crippen molar-refractivity contribution in [3.8, 4) is 11.1 Å². The number of benzene rings is 2. The summed E-state index contributed by atoms with van der Waals surface area (Å²) >= 11 is 12.7. The van der Waals surface area contributed by atoms with E-state index in [0.29, 0.717) is 40.1 Å². The van der Waals surface area contributed by atoms with Crippen molar-refractivity contribution in [1.82, 2.24) is 14.7 Å². The van der Waals surface area contributed by atoms with Gasteiger partial charge < -0.3 is 25.6 Å². The summed E-state index contributed by atoms with van der Waals surface area (Å²) in [5.41, 5.74) is 0.862. The Labute approximate surface area is 246 Å². The van der Waals surface area contributed by atoms with Gasteiger partial charge in [-0.2, -0.15) is 4.72 Å². The summed E-state index contributed by atoms with van der Waals surface area (Å²) in [7, 11) is -4.36. The second-order valence-electron chi connectivity index (χ2n) is 9.27. The lowest BCUT2D eigenvalue weighted by molar-refractivity contribution is -0.138. The molecular formula is C26H28Cl2N6O6S. The van der Waals surface area contributed by atoms with Gasteiger partial charge in [0.1, 0.15) is 22.8 Å². The summed E-state index contributed by atoms with van der Waals surface area (Å²) in [4.78, 5) is 36.6. The Bertz CT molecular complexity index is 1530. The van der Waals surface area contributed by atoms with E-state index in [2.05, 4.69) is 30.5 Å². The Balaban J connectivity index is 1.48. The summed E-state index contributed by atoms with van der Waals surface area (Å²) in [6, 6.07) is 7.62. The van der Waals surface area contributed by atoms with Crippen LogP contribution in [-0.2, 0) is 24.4 Å². The van der Waals surface area contributed by atoms with E-state index in [9.17, 15) is 23.1 Å². The number of halogens is 2. The van der Waals surface area contributed by atoms with E-state index in [1.807, 2.05) is 0 Å². The summed E-state index contributed by atoms with van der Waals surface area (Å²) in [6.07, 6.45) is 5.66. The lowest BCUT2D eigenvalue weighted by Gasteiger charge is -2.16. The van der Waals surface area contributed by atoms with Crippen LogP contribution in [0, 0.1) is 0 Å². The van der Waals surface area contributed by atoms with E-state index in [1.165, 1.54) is 25.1 Å². The van der Waals surface area contributed by atoms with Gasteiger partial charge in [0, 0.05) is 41.0 Å². The van der Waals surface area contributed by atoms with E-state index in [1.54, 1.807) is 30.6 Å². The Hall–Kier alpha value is -3.65. The molecule has 2 unspecified atom stereocenters. The molecule has 2 heterocycles. The number of aromatic amines is 1. The molecule has 1 amide bonds. The third kappa shape index (κ3) is 7.76. The molecular weight excluding hydrogens is 595 g/mol. The lowest BCUT2D eigenvalue weighted by Crippen LogP contribution is -2.38. The highest BCUT2D eigenvalue weighted by atomic mass is 35.5. The zero-order chi connectivity index (χ0) is 29.6.